The highest BCUT2D eigenvalue weighted by Gasteiger charge is 2.22. The van der Waals surface area contributed by atoms with Crippen LogP contribution in [0.15, 0.2) is 18.2 Å². The number of fused-ring (bicyclic) bond motifs is 1. The van der Waals surface area contributed by atoms with Gasteiger partial charge in [0.25, 0.3) is 0 Å². The van der Waals surface area contributed by atoms with E-state index in [9.17, 15) is 5.11 Å². The molecule has 1 saturated heterocycles. The van der Waals surface area contributed by atoms with E-state index in [1.807, 2.05) is 0 Å². The van der Waals surface area contributed by atoms with Crippen molar-refractivity contribution in [2.24, 2.45) is 5.92 Å². The summed E-state index contributed by atoms with van der Waals surface area (Å²) in [6.45, 7) is 6.73. The van der Waals surface area contributed by atoms with E-state index in [2.05, 4.69) is 36.9 Å². The van der Waals surface area contributed by atoms with Gasteiger partial charge in [0.1, 0.15) is 0 Å². The number of para-hydroxylation sites is 1. The molecule has 1 aliphatic rings. The summed E-state index contributed by atoms with van der Waals surface area (Å²) < 4.78 is 1.28. The molecule has 0 amide bonds. The molecule has 1 unspecified atom stereocenters. The molecule has 4 heteroatoms. The summed E-state index contributed by atoms with van der Waals surface area (Å²) >= 11 is 1.78. The number of piperidine rings is 1. The SMILES string of the molecule is CC(C)c1cccc2sc(N3CCCC(CO)C3)nc12. The molecule has 2 heterocycles. The summed E-state index contributed by atoms with van der Waals surface area (Å²) in [5, 5.41) is 10.5. The first kappa shape index (κ1) is 13.8. The summed E-state index contributed by atoms with van der Waals surface area (Å²) in [6.07, 6.45) is 2.29. The summed E-state index contributed by atoms with van der Waals surface area (Å²) in [4.78, 5) is 7.24. The number of benzene rings is 1. The van der Waals surface area contributed by atoms with Crippen molar-refractivity contribution in [3.63, 3.8) is 0 Å². The number of hydrogen-bond acceptors (Lipinski definition) is 4. The number of rotatable bonds is 3. The van der Waals surface area contributed by atoms with Crippen molar-refractivity contribution in [1.82, 2.24) is 4.98 Å². The maximum atomic E-state index is 9.37. The molecule has 1 aromatic carbocycles. The van der Waals surface area contributed by atoms with Gasteiger partial charge in [-0.3, -0.25) is 0 Å². The monoisotopic (exact) mass is 290 g/mol. The van der Waals surface area contributed by atoms with Gasteiger partial charge in [-0.1, -0.05) is 37.3 Å². The van der Waals surface area contributed by atoms with E-state index >= 15 is 0 Å². The van der Waals surface area contributed by atoms with Gasteiger partial charge in [-0.05, 0) is 36.3 Å². The van der Waals surface area contributed by atoms with Crippen molar-refractivity contribution < 1.29 is 5.11 Å². The minimum Gasteiger partial charge on any atom is -0.396 e. The third-order valence-electron chi connectivity index (χ3n) is 4.11. The standard InChI is InChI=1S/C16H22N2OS/c1-11(2)13-6-3-7-14-15(13)17-16(20-14)18-8-4-5-12(9-18)10-19/h3,6-7,11-12,19H,4-5,8-10H2,1-2H3. The molecule has 0 radical (unpaired) electrons. The van der Waals surface area contributed by atoms with Crippen LogP contribution in [0, 0.1) is 5.92 Å². The Balaban J connectivity index is 1.94. The predicted octanol–water partition coefficient (Wildman–Crippen LogP) is 3.63. The van der Waals surface area contributed by atoms with Crippen molar-refractivity contribution in [1.29, 1.82) is 0 Å². The van der Waals surface area contributed by atoms with Crippen molar-refractivity contribution in [3.8, 4) is 0 Å². The van der Waals surface area contributed by atoms with Crippen LogP contribution in [-0.4, -0.2) is 29.8 Å². The molecule has 0 saturated carbocycles. The average molecular weight is 290 g/mol. The fraction of sp³-hybridized carbons (Fsp3) is 0.562. The Hall–Kier alpha value is -1.13. The molecular weight excluding hydrogens is 268 g/mol. The van der Waals surface area contributed by atoms with Gasteiger partial charge in [-0.25, -0.2) is 4.98 Å². The number of hydrogen-bond donors (Lipinski definition) is 1. The Kier molecular flexibility index (Phi) is 3.94. The van der Waals surface area contributed by atoms with Crippen molar-refractivity contribution >= 4 is 26.7 Å². The molecular formula is C16H22N2OS. The van der Waals surface area contributed by atoms with Crippen LogP contribution in [0.25, 0.3) is 10.2 Å². The molecule has 3 rings (SSSR count). The van der Waals surface area contributed by atoms with Crippen LogP contribution in [-0.2, 0) is 0 Å². The number of thiazole rings is 1. The summed E-state index contributed by atoms with van der Waals surface area (Å²) in [5.74, 6) is 0.903. The van der Waals surface area contributed by atoms with E-state index in [1.54, 1.807) is 11.3 Å². The third kappa shape index (κ3) is 2.54. The summed E-state index contributed by atoms with van der Waals surface area (Å²) in [5.41, 5.74) is 2.49. The van der Waals surface area contributed by atoms with E-state index in [1.165, 1.54) is 10.3 Å². The van der Waals surface area contributed by atoms with Crippen LogP contribution < -0.4 is 4.90 Å². The molecule has 3 nitrogen and oxygen atoms in total. The number of aromatic nitrogens is 1. The quantitative estimate of drug-likeness (QED) is 0.938. The molecule has 1 aliphatic heterocycles. The minimum atomic E-state index is 0.290. The van der Waals surface area contributed by atoms with E-state index in [-0.39, 0.29) is 0 Å². The Bertz CT molecular complexity index is 593. The van der Waals surface area contributed by atoms with E-state index < -0.39 is 0 Å². The molecule has 1 fully saturated rings. The Morgan fingerprint density at radius 1 is 1.45 bits per heavy atom. The molecule has 20 heavy (non-hydrogen) atoms. The van der Waals surface area contributed by atoms with Gasteiger partial charge in [0.05, 0.1) is 10.2 Å². The van der Waals surface area contributed by atoms with Crippen molar-refractivity contribution in [3.05, 3.63) is 23.8 Å². The second kappa shape index (κ2) is 5.70. The van der Waals surface area contributed by atoms with Gasteiger partial charge < -0.3 is 10.0 Å². The lowest BCUT2D eigenvalue weighted by Crippen LogP contribution is -2.36. The summed E-state index contributed by atoms with van der Waals surface area (Å²) in [7, 11) is 0. The first-order chi connectivity index (χ1) is 9.69. The molecule has 108 valence electrons. The fourth-order valence-electron chi connectivity index (χ4n) is 2.95. The van der Waals surface area contributed by atoms with Crippen molar-refractivity contribution in [2.45, 2.75) is 32.6 Å². The highest BCUT2D eigenvalue weighted by atomic mass is 32.1. The van der Waals surface area contributed by atoms with Crippen LogP contribution in [0.4, 0.5) is 5.13 Å². The maximum absolute atomic E-state index is 9.37. The Labute approximate surface area is 124 Å². The third-order valence-corrected chi connectivity index (χ3v) is 5.19. The Morgan fingerprint density at radius 2 is 2.30 bits per heavy atom. The normalized spacial score (nSPS) is 20.0. The number of nitrogens with zero attached hydrogens (tertiary/aromatic N) is 2. The van der Waals surface area contributed by atoms with Gasteiger partial charge in [0, 0.05) is 19.7 Å². The highest BCUT2D eigenvalue weighted by Crippen LogP contribution is 2.34. The second-order valence-electron chi connectivity index (χ2n) is 5.98. The first-order valence-electron chi connectivity index (χ1n) is 7.44. The average Bonchev–Trinajstić information content (AvgIpc) is 2.91. The topological polar surface area (TPSA) is 36.4 Å². The van der Waals surface area contributed by atoms with E-state index in [4.69, 9.17) is 4.98 Å². The van der Waals surface area contributed by atoms with Crippen LogP contribution in [0.5, 0.6) is 0 Å². The lowest BCUT2D eigenvalue weighted by Gasteiger charge is -2.31. The maximum Gasteiger partial charge on any atom is 0.186 e. The smallest absolute Gasteiger partial charge is 0.186 e. The summed E-state index contributed by atoms with van der Waals surface area (Å²) in [6, 6.07) is 6.48. The highest BCUT2D eigenvalue weighted by molar-refractivity contribution is 7.22. The van der Waals surface area contributed by atoms with Crippen LogP contribution >= 0.6 is 11.3 Å². The van der Waals surface area contributed by atoms with Crippen LogP contribution in [0.3, 0.4) is 0 Å². The van der Waals surface area contributed by atoms with Crippen LogP contribution in [0.2, 0.25) is 0 Å². The second-order valence-corrected chi connectivity index (χ2v) is 6.99. The van der Waals surface area contributed by atoms with Gasteiger partial charge in [-0.15, -0.1) is 0 Å². The van der Waals surface area contributed by atoms with Gasteiger partial charge in [0.2, 0.25) is 0 Å². The van der Waals surface area contributed by atoms with E-state index in [0.717, 1.165) is 36.6 Å². The lowest BCUT2D eigenvalue weighted by molar-refractivity contribution is 0.208. The number of aliphatic hydroxyl groups excluding tert-OH is 1. The van der Waals surface area contributed by atoms with Crippen molar-refractivity contribution in [2.75, 3.05) is 24.6 Å². The zero-order valence-corrected chi connectivity index (χ0v) is 13.0. The molecule has 1 aromatic heterocycles. The molecule has 0 bridgehead atoms. The first-order valence-corrected chi connectivity index (χ1v) is 8.26. The predicted molar refractivity (Wildman–Crippen MR) is 85.7 cm³/mol. The van der Waals surface area contributed by atoms with E-state index in [0.29, 0.717) is 18.4 Å². The molecule has 1 N–H and O–H groups in total. The Morgan fingerprint density at radius 3 is 3.05 bits per heavy atom. The fourth-order valence-corrected chi connectivity index (χ4v) is 3.98. The van der Waals surface area contributed by atoms with Gasteiger partial charge in [-0.2, -0.15) is 0 Å². The van der Waals surface area contributed by atoms with Gasteiger partial charge in [0.15, 0.2) is 5.13 Å². The minimum absolute atomic E-state index is 0.290. The molecule has 0 spiro atoms. The number of anilines is 1. The number of aliphatic hydroxyl groups is 1. The lowest BCUT2D eigenvalue weighted by atomic mass is 10.00. The van der Waals surface area contributed by atoms with Gasteiger partial charge >= 0.3 is 0 Å². The molecule has 0 aliphatic carbocycles. The zero-order chi connectivity index (χ0) is 14.1. The zero-order valence-electron chi connectivity index (χ0n) is 12.2. The molecule has 1 atom stereocenters. The molecule has 2 aromatic rings. The largest absolute Gasteiger partial charge is 0.396 e. The van der Waals surface area contributed by atoms with Crippen LogP contribution in [0.1, 0.15) is 38.2 Å².